The predicted molar refractivity (Wildman–Crippen MR) is 176 cm³/mol. The fourth-order valence-corrected chi connectivity index (χ4v) is 6.16. The molecular formula is C40H27FN2. The molecule has 0 atom stereocenters. The van der Waals surface area contributed by atoms with Crippen molar-refractivity contribution in [3.05, 3.63) is 170 Å². The van der Waals surface area contributed by atoms with Crippen molar-refractivity contribution in [3.63, 3.8) is 0 Å². The van der Waals surface area contributed by atoms with Gasteiger partial charge in [-0.1, -0.05) is 91.0 Å². The van der Waals surface area contributed by atoms with E-state index in [1.807, 2.05) is 30.3 Å². The van der Waals surface area contributed by atoms with Gasteiger partial charge in [-0.2, -0.15) is 0 Å². The standard InChI is InChI=1S/C40H27FN2/c41-34-18-20-36(21-19-34)43-38-23-17-31(25-33(38)27-40(43)29-12-6-2-7-13-29)30-16-22-37-32(24-30)26-39(28-10-4-1-5-11-28)42(37)35-14-8-3-9-15-35/h1-27H. The van der Waals surface area contributed by atoms with Crippen molar-refractivity contribution >= 4 is 21.8 Å². The average Bonchev–Trinajstić information content (AvgIpc) is 3.65. The first-order chi connectivity index (χ1) is 21.2. The zero-order valence-electron chi connectivity index (χ0n) is 23.4. The predicted octanol–water partition coefficient (Wildman–Crippen LogP) is 10.7. The number of fused-ring (bicyclic) bond motifs is 2. The molecule has 0 saturated heterocycles. The van der Waals surface area contributed by atoms with Gasteiger partial charge in [0.05, 0.1) is 22.4 Å². The number of halogens is 1. The van der Waals surface area contributed by atoms with Crippen molar-refractivity contribution in [2.75, 3.05) is 0 Å². The van der Waals surface area contributed by atoms with Crippen molar-refractivity contribution in [3.8, 4) is 45.0 Å². The van der Waals surface area contributed by atoms with Gasteiger partial charge in [-0.25, -0.2) is 4.39 Å². The van der Waals surface area contributed by atoms with Crippen LogP contribution < -0.4 is 0 Å². The summed E-state index contributed by atoms with van der Waals surface area (Å²) < 4.78 is 18.4. The second-order valence-electron chi connectivity index (χ2n) is 10.8. The molecule has 0 amide bonds. The van der Waals surface area contributed by atoms with Crippen LogP contribution >= 0.6 is 0 Å². The highest BCUT2D eigenvalue weighted by Gasteiger charge is 2.16. The lowest BCUT2D eigenvalue weighted by molar-refractivity contribution is 0.627. The Bertz CT molecular complexity index is 2210. The molecule has 6 aromatic carbocycles. The maximum atomic E-state index is 13.8. The van der Waals surface area contributed by atoms with Crippen molar-refractivity contribution in [2.24, 2.45) is 0 Å². The Morgan fingerprint density at radius 1 is 0.349 bits per heavy atom. The topological polar surface area (TPSA) is 9.86 Å². The van der Waals surface area contributed by atoms with Crippen LogP contribution in [0.25, 0.3) is 66.8 Å². The second-order valence-corrected chi connectivity index (χ2v) is 10.8. The first-order valence-electron chi connectivity index (χ1n) is 14.5. The summed E-state index contributed by atoms with van der Waals surface area (Å²) in [5, 5.41) is 2.32. The first-order valence-corrected chi connectivity index (χ1v) is 14.5. The Hall–Kier alpha value is -5.67. The number of benzene rings is 6. The number of aromatic nitrogens is 2. The van der Waals surface area contributed by atoms with Gasteiger partial charge in [0, 0.05) is 22.1 Å². The molecule has 3 heteroatoms. The van der Waals surface area contributed by atoms with Crippen LogP contribution in [0.1, 0.15) is 0 Å². The lowest BCUT2D eigenvalue weighted by Gasteiger charge is -2.12. The third-order valence-corrected chi connectivity index (χ3v) is 8.17. The van der Waals surface area contributed by atoms with Crippen LogP contribution in [0.15, 0.2) is 164 Å². The Balaban J connectivity index is 1.29. The zero-order valence-corrected chi connectivity index (χ0v) is 23.4. The maximum absolute atomic E-state index is 13.8. The number of nitrogens with zero attached hydrogens (tertiary/aromatic N) is 2. The van der Waals surface area contributed by atoms with E-state index in [4.69, 9.17) is 0 Å². The minimum absolute atomic E-state index is 0.240. The molecule has 2 heterocycles. The van der Waals surface area contributed by atoms with Crippen LogP contribution in [0.2, 0.25) is 0 Å². The Kier molecular flexibility index (Phi) is 6.01. The van der Waals surface area contributed by atoms with Gasteiger partial charge >= 0.3 is 0 Å². The minimum Gasteiger partial charge on any atom is -0.309 e. The molecule has 2 aromatic heterocycles. The van der Waals surface area contributed by atoms with E-state index >= 15 is 0 Å². The second kappa shape index (κ2) is 10.3. The normalized spacial score (nSPS) is 11.4. The van der Waals surface area contributed by atoms with E-state index < -0.39 is 0 Å². The Morgan fingerprint density at radius 2 is 0.767 bits per heavy atom. The molecule has 0 aliphatic carbocycles. The quantitative estimate of drug-likeness (QED) is 0.200. The number of hydrogen-bond donors (Lipinski definition) is 0. The molecule has 8 aromatic rings. The fraction of sp³-hybridized carbons (Fsp3) is 0. The van der Waals surface area contributed by atoms with Crippen LogP contribution in [0, 0.1) is 5.82 Å². The van der Waals surface area contributed by atoms with Gasteiger partial charge in [-0.05, 0) is 95.1 Å². The molecule has 43 heavy (non-hydrogen) atoms. The smallest absolute Gasteiger partial charge is 0.123 e. The zero-order chi connectivity index (χ0) is 28.8. The van der Waals surface area contributed by atoms with Gasteiger partial charge < -0.3 is 9.13 Å². The van der Waals surface area contributed by atoms with Gasteiger partial charge in [0.15, 0.2) is 0 Å². The molecule has 0 saturated carbocycles. The monoisotopic (exact) mass is 554 g/mol. The van der Waals surface area contributed by atoms with Gasteiger partial charge in [-0.3, -0.25) is 0 Å². The van der Waals surface area contributed by atoms with Crippen molar-refractivity contribution in [1.82, 2.24) is 9.13 Å². The lowest BCUT2D eigenvalue weighted by atomic mass is 10.0. The largest absolute Gasteiger partial charge is 0.309 e. The van der Waals surface area contributed by atoms with E-state index in [2.05, 4.69) is 130 Å². The Morgan fingerprint density at radius 3 is 1.23 bits per heavy atom. The first kappa shape index (κ1) is 25.1. The van der Waals surface area contributed by atoms with Crippen LogP contribution in [-0.4, -0.2) is 9.13 Å². The molecule has 0 aliphatic rings. The van der Waals surface area contributed by atoms with Gasteiger partial charge in [0.25, 0.3) is 0 Å². The summed E-state index contributed by atoms with van der Waals surface area (Å²) in [5.74, 6) is -0.240. The van der Waals surface area contributed by atoms with Gasteiger partial charge in [0.2, 0.25) is 0 Å². The molecule has 2 nitrogen and oxygen atoms in total. The number of rotatable bonds is 5. The third kappa shape index (κ3) is 4.43. The van der Waals surface area contributed by atoms with E-state index in [0.717, 1.165) is 44.7 Å². The van der Waals surface area contributed by atoms with Crippen LogP contribution in [0.4, 0.5) is 4.39 Å². The minimum atomic E-state index is -0.240. The molecule has 0 aliphatic heterocycles. The summed E-state index contributed by atoms with van der Waals surface area (Å²) in [6.07, 6.45) is 0. The molecule has 0 unspecified atom stereocenters. The summed E-state index contributed by atoms with van der Waals surface area (Å²) in [7, 11) is 0. The van der Waals surface area contributed by atoms with Crippen molar-refractivity contribution < 1.29 is 4.39 Å². The highest BCUT2D eigenvalue weighted by molar-refractivity contribution is 5.95. The molecule has 8 rings (SSSR count). The van der Waals surface area contributed by atoms with Crippen LogP contribution in [-0.2, 0) is 0 Å². The summed E-state index contributed by atoms with van der Waals surface area (Å²) in [5.41, 5.74) is 11.2. The molecule has 0 spiro atoms. The lowest BCUT2D eigenvalue weighted by Crippen LogP contribution is -1.97. The fourth-order valence-electron chi connectivity index (χ4n) is 6.16. The van der Waals surface area contributed by atoms with Crippen LogP contribution in [0.5, 0.6) is 0 Å². The van der Waals surface area contributed by atoms with E-state index in [0.29, 0.717) is 0 Å². The van der Waals surface area contributed by atoms with Gasteiger partial charge in [-0.15, -0.1) is 0 Å². The summed E-state index contributed by atoms with van der Waals surface area (Å²) >= 11 is 0. The molecule has 0 bridgehead atoms. The molecular weight excluding hydrogens is 527 g/mol. The summed E-state index contributed by atoms with van der Waals surface area (Å²) in [6.45, 7) is 0. The molecule has 0 radical (unpaired) electrons. The highest BCUT2D eigenvalue weighted by Crippen LogP contribution is 2.37. The summed E-state index contributed by atoms with van der Waals surface area (Å²) in [4.78, 5) is 0. The van der Waals surface area contributed by atoms with E-state index in [1.165, 1.54) is 34.3 Å². The molecule has 0 fully saturated rings. The van der Waals surface area contributed by atoms with E-state index in [1.54, 1.807) is 0 Å². The van der Waals surface area contributed by atoms with E-state index in [-0.39, 0.29) is 5.82 Å². The average molecular weight is 555 g/mol. The van der Waals surface area contributed by atoms with Crippen LogP contribution in [0.3, 0.4) is 0 Å². The van der Waals surface area contributed by atoms with E-state index in [9.17, 15) is 4.39 Å². The SMILES string of the molecule is Fc1ccc(-n2c(-c3ccccc3)cc3cc(-c4ccc5c(c4)cc(-c4ccccc4)n5-c4ccccc4)ccc32)cc1. The third-order valence-electron chi connectivity index (χ3n) is 8.17. The van der Waals surface area contributed by atoms with Gasteiger partial charge in [0.1, 0.15) is 5.82 Å². The maximum Gasteiger partial charge on any atom is 0.123 e. The number of para-hydroxylation sites is 1. The van der Waals surface area contributed by atoms with Crippen molar-refractivity contribution in [1.29, 1.82) is 0 Å². The highest BCUT2D eigenvalue weighted by atomic mass is 19.1. The van der Waals surface area contributed by atoms with Crippen molar-refractivity contribution in [2.45, 2.75) is 0 Å². The molecule has 0 N–H and O–H groups in total. The number of hydrogen-bond acceptors (Lipinski definition) is 0. The molecule has 204 valence electrons. The summed E-state index contributed by atoms with van der Waals surface area (Å²) in [6, 6.07) is 56.0. The Labute approximate surface area is 249 Å².